The van der Waals surface area contributed by atoms with Crippen LogP contribution >= 0.6 is 0 Å². The molecule has 0 aliphatic carbocycles. The second kappa shape index (κ2) is 3.14. The van der Waals surface area contributed by atoms with Gasteiger partial charge in [-0.2, -0.15) is 4.52 Å². The lowest BCUT2D eigenvalue weighted by molar-refractivity contribution is 0.881. The Morgan fingerprint density at radius 1 is 1.19 bits per heavy atom. The monoisotopic (exact) mass is 214 g/mol. The van der Waals surface area contributed by atoms with Crippen molar-refractivity contribution in [1.29, 1.82) is 0 Å². The topological polar surface area (TPSA) is 81.1 Å². The maximum Gasteiger partial charge on any atom is 0.185 e. The van der Waals surface area contributed by atoms with Crippen molar-refractivity contribution in [2.24, 2.45) is 5.84 Å². The van der Waals surface area contributed by atoms with Crippen molar-refractivity contribution < 1.29 is 0 Å². The average molecular weight is 214 g/mol. The van der Waals surface area contributed by atoms with Crippen LogP contribution in [-0.2, 0) is 0 Å². The van der Waals surface area contributed by atoms with Gasteiger partial charge >= 0.3 is 0 Å². The maximum absolute atomic E-state index is 5.46. The Bertz CT molecular complexity index is 671. The molecule has 6 nitrogen and oxygen atoms in total. The molecule has 0 spiro atoms. The number of aromatic nitrogens is 4. The molecule has 0 fully saturated rings. The zero-order valence-corrected chi connectivity index (χ0v) is 8.68. The molecule has 2 heterocycles. The summed E-state index contributed by atoms with van der Waals surface area (Å²) in [5.41, 5.74) is 3.33. The van der Waals surface area contributed by atoms with E-state index >= 15 is 0 Å². The van der Waals surface area contributed by atoms with Crippen LogP contribution in [0.3, 0.4) is 0 Å². The minimum Gasteiger partial charge on any atom is -0.307 e. The van der Waals surface area contributed by atoms with E-state index in [2.05, 4.69) is 20.7 Å². The number of nitrogens with one attached hydrogen (secondary N) is 1. The number of fused-ring (bicyclic) bond motifs is 3. The third kappa shape index (κ3) is 1.07. The van der Waals surface area contributed by atoms with Crippen LogP contribution in [0, 0.1) is 6.92 Å². The Labute approximate surface area is 91.1 Å². The predicted molar refractivity (Wildman–Crippen MR) is 60.8 cm³/mol. The molecule has 0 aliphatic heterocycles. The normalized spacial score (nSPS) is 11.1. The summed E-state index contributed by atoms with van der Waals surface area (Å²) in [5, 5.41) is 14.4. The first-order valence-corrected chi connectivity index (χ1v) is 4.88. The Morgan fingerprint density at radius 2 is 1.94 bits per heavy atom. The van der Waals surface area contributed by atoms with Crippen LogP contribution in [0.2, 0.25) is 0 Å². The Morgan fingerprint density at radius 3 is 2.69 bits per heavy atom. The van der Waals surface area contributed by atoms with E-state index in [4.69, 9.17) is 5.84 Å². The van der Waals surface area contributed by atoms with Crippen molar-refractivity contribution in [3.05, 3.63) is 30.1 Å². The molecule has 80 valence electrons. The van der Waals surface area contributed by atoms with Crippen molar-refractivity contribution in [3.8, 4) is 0 Å². The molecule has 0 atom stereocenters. The second-order valence-electron chi connectivity index (χ2n) is 3.52. The van der Waals surface area contributed by atoms with Crippen molar-refractivity contribution in [1.82, 2.24) is 19.8 Å². The molecule has 1 aromatic carbocycles. The van der Waals surface area contributed by atoms with E-state index in [1.807, 2.05) is 31.2 Å². The number of hydrazine groups is 1. The second-order valence-corrected chi connectivity index (χ2v) is 3.52. The molecule has 0 unspecified atom stereocenters. The van der Waals surface area contributed by atoms with Gasteiger partial charge in [-0.1, -0.05) is 24.3 Å². The molecular formula is C10H10N6. The van der Waals surface area contributed by atoms with Gasteiger partial charge in [0.15, 0.2) is 17.3 Å². The predicted octanol–water partition coefficient (Wildman–Crippen LogP) is 0.872. The van der Waals surface area contributed by atoms with E-state index in [0.717, 1.165) is 22.2 Å². The van der Waals surface area contributed by atoms with Crippen molar-refractivity contribution >= 4 is 22.2 Å². The summed E-state index contributed by atoms with van der Waals surface area (Å²) in [6.07, 6.45) is 0. The first-order chi connectivity index (χ1) is 7.81. The molecule has 0 saturated heterocycles. The van der Waals surface area contributed by atoms with Gasteiger partial charge in [-0.3, -0.25) is 0 Å². The van der Waals surface area contributed by atoms with Crippen LogP contribution in [-0.4, -0.2) is 19.8 Å². The largest absolute Gasteiger partial charge is 0.307 e. The Balaban J connectivity index is 2.58. The summed E-state index contributed by atoms with van der Waals surface area (Å²) in [5.74, 6) is 6.81. The lowest BCUT2D eigenvalue weighted by Crippen LogP contribution is -2.11. The van der Waals surface area contributed by atoms with Crippen LogP contribution in [0.1, 0.15) is 5.82 Å². The van der Waals surface area contributed by atoms with Crippen molar-refractivity contribution in [2.45, 2.75) is 6.92 Å². The van der Waals surface area contributed by atoms with Gasteiger partial charge in [-0.05, 0) is 6.92 Å². The number of rotatable bonds is 1. The molecule has 0 aliphatic rings. The van der Waals surface area contributed by atoms with E-state index < -0.39 is 0 Å². The summed E-state index contributed by atoms with van der Waals surface area (Å²) in [7, 11) is 0. The molecular weight excluding hydrogens is 204 g/mol. The van der Waals surface area contributed by atoms with Crippen molar-refractivity contribution in [2.75, 3.05) is 5.43 Å². The number of aryl methyl sites for hydroxylation is 1. The highest BCUT2D eigenvalue weighted by molar-refractivity contribution is 5.99. The fraction of sp³-hybridized carbons (Fsp3) is 0.100. The van der Waals surface area contributed by atoms with Gasteiger partial charge in [0.05, 0.1) is 0 Å². The van der Waals surface area contributed by atoms with E-state index in [0.29, 0.717) is 5.82 Å². The molecule has 6 heteroatoms. The van der Waals surface area contributed by atoms with E-state index in [1.165, 1.54) is 0 Å². The van der Waals surface area contributed by atoms with E-state index in [1.54, 1.807) is 4.52 Å². The summed E-state index contributed by atoms with van der Waals surface area (Å²) < 4.78 is 1.68. The van der Waals surface area contributed by atoms with Gasteiger partial charge < -0.3 is 5.43 Å². The number of anilines is 1. The van der Waals surface area contributed by atoms with Gasteiger partial charge in [-0.15, -0.1) is 15.3 Å². The van der Waals surface area contributed by atoms with E-state index in [-0.39, 0.29) is 0 Å². The average Bonchev–Trinajstić information content (AvgIpc) is 2.70. The van der Waals surface area contributed by atoms with Crippen LogP contribution in [0.25, 0.3) is 16.4 Å². The summed E-state index contributed by atoms with van der Waals surface area (Å²) in [6, 6.07) is 7.81. The molecule has 3 N–H and O–H groups in total. The first-order valence-electron chi connectivity index (χ1n) is 4.88. The first kappa shape index (κ1) is 9.05. The fourth-order valence-corrected chi connectivity index (χ4v) is 1.79. The molecule has 16 heavy (non-hydrogen) atoms. The number of hydrogen-bond donors (Lipinski definition) is 2. The molecule has 0 radical (unpaired) electrons. The van der Waals surface area contributed by atoms with Crippen LogP contribution in [0.4, 0.5) is 5.82 Å². The van der Waals surface area contributed by atoms with Gasteiger partial charge in [0, 0.05) is 10.8 Å². The van der Waals surface area contributed by atoms with Gasteiger partial charge in [0.1, 0.15) is 0 Å². The smallest absolute Gasteiger partial charge is 0.185 e. The lowest BCUT2D eigenvalue weighted by atomic mass is 10.2. The highest BCUT2D eigenvalue weighted by Crippen LogP contribution is 2.23. The van der Waals surface area contributed by atoms with E-state index in [9.17, 15) is 0 Å². The molecule has 0 amide bonds. The van der Waals surface area contributed by atoms with Crippen LogP contribution in [0.5, 0.6) is 0 Å². The number of nitrogens with zero attached hydrogens (tertiary/aromatic N) is 4. The number of nitrogen functional groups attached to an aromatic ring is 1. The van der Waals surface area contributed by atoms with Crippen LogP contribution in [0.15, 0.2) is 24.3 Å². The molecule has 3 aromatic rings. The lowest BCUT2D eigenvalue weighted by Gasteiger charge is -2.05. The van der Waals surface area contributed by atoms with Crippen molar-refractivity contribution in [3.63, 3.8) is 0 Å². The minimum atomic E-state index is 0.617. The van der Waals surface area contributed by atoms with Gasteiger partial charge in [0.2, 0.25) is 0 Å². The quantitative estimate of drug-likeness (QED) is 0.464. The maximum atomic E-state index is 5.46. The Kier molecular flexibility index (Phi) is 1.78. The zero-order valence-electron chi connectivity index (χ0n) is 8.68. The van der Waals surface area contributed by atoms with Gasteiger partial charge in [-0.25, -0.2) is 5.84 Å². The highest BCUT2D eigenvalue weighted by atomic mass is 15.4. The molecule has 3 rings (SSSR count). The third-order valence-electron chi connectivity index (χ3n) is 2.56. The molecule has 0 saturated carbocycles. The number of benzene rings is 1. The highest BCUT2D eigenvalue weighted by Gasteiger charge is 2.10. The van der Waals surface area contributed by atoms with Gasteiger partial charge in [0.25, 0.3) is 0 Å². The summed E-state index contributed by atoms with van der Waals surface area (Å²) in [6.45, 7) is 1.85. The SMILES string of the molecule is Cc1nnc2c3ccccc3c(NN)nn12. The number of nitrogens with two attached hydrogens (primary N) is 1. The Hall–Kier alpha value is -2.21. The standard InChI is InChI=1S/C10H10N6/c1-6-13-14-10-8-5-3-2-4-7(8)9(12-11)15-16(6)10/h2-5H,11H2,1H3,(H,12,15). The molecule has 0 bridgehead atoms. The summed E-state index contributed by atoms with van der Waals surface area (Å²) in [4.78, 5) is 0. The molecule has 2 aromatic heterocycles. The van der Waals surface area contributed by atoms with Crippen LogP contribution < -0.4 is 11.3 Å². The third-order valence-corrected chi connectivity index (χ3v) is 2.56. The fourth-order valence-electron chi connectivity index (χ4n) is 1.79. The number of hydrogen-bond acceptors (Lipinski definition) is 5. The minimum absolute atomic E-state index is 0.617. The summed E-state index contributed by atoms with van der Waals surface area (Å²) >= 11 is 0. The zero-order chi connectivity index (χ0) is 11.1.